The second-order valence-electron chi connectivity index (χ2n) is 4.31. The molecule has 7 heteroatoms. The molecule has 0 saturated heterocycles. The van der Waals surface area contributed by atoms with Gasteiger partial charge in [0, 0.05) is 22.9 Å². The Kier molecular flexibility index (Phi) is 4.10. The van der Waals surface area contributed by atoms with Crippen LogP contribution in [-0.2, 0) is 5.75 Å². The van der Waals surface area contributed by atoms with Crippen molar-refractivity contribution in [3.63, 3.8) is 0 Å². The fourth-order valence-electron chi connectivity index (χ4n) is 1.85. The van der Waals surface area contributed by atoms with E-state index in [-0.39, 0.29) is 10.6 Å². The van der Waals surface area contributed by atoms with E-state index >= 15 is 0 Å². The molecule has 3 rings (SSSR count). The maximum absolute atomic E-state index is 10.8. The number of hydrogen-bond acceptors (Lipinski definition) is 5. The third-order valence-electron chi connectivity index (χ3n) is 2.81. The molecule has 0 aliphatic rings. The summed E-state index contributed by atoms with van der Waals surface area (Å²) < 4.78 is 2.01. The lowest BCUT2D eigenvalue weighted by Gasteiger charge is -1.98. The fraction of sp³-hybridized carbons (Fsp3) is 0.0714. The summed E-state index contributed by atoms with van der Waals surface area (Å²) in [5, 5.41) is 11.4. The lowest BCUT2D eigenvalue weighted by molar-refractivity contribution is -0.384. The minimum Gasteiger partial charge on any atom is -0.258 e. The summed E-state index contributed by atoms with van der Waals surface area (Å²) in [5.41, 5.74) is 1.91. The van der Waals surface area contributed by atoms with Gasteiger partial charge in [0.1, 0.15) is 0 Å². The van der Waals surface area contributed by atoms with E-state index in [0.717, 1.165) is 20.1 Å². The summed E-state index contributed by atoms with van der Waals surface area (Å²) in [4.78, 5) is 14.9. The maximum atomic E-state index is 10.8. The predicted octanol–water partition coefficient (Wildman–Crippen LogP) is 5.15. The van der Waals surface area contributed by atoms with Crippen LogP contribution >= 0.6 is 34.7 Å². The summed E-state index contributed by atoms with van der Waals surface area (Å²) in [5.74, 6) is 0.648. The molecule has 1 aromatic heterocycles. The SMILES string of the molecule is O=[N+]([O-])c1cccc(CSc2nc3cc(Cl)ccc3s2)c1. The first kappa shape index (κ1) is 14.3. The molecule has 0 aliphatic carbocycles. The third kappa shape index (κ3) is 3.34. The van der Waals surface area contributed by atoms with Crippen molar-refractivity contribution in [1.82, 2.24) is 4.98 Å². The van der Waals surface area contributed by atoms with E-state index < -0.39 is 0 Å². The van der Waals surface area contributed by atoms with Crippen molar-refractivity contribution in [3.05, 3.63) is 63.2 Å². The Morgan fingerprint density at radius 3 is 2.95 bits per heavy atom. The van der Waals surface area contributed by atoms with Crippen LogP contribution in [0.2, 0.25) is 5.02 Å². The molecule has 4 nitrogen and oxygen atoms in total. The van der Waals surface area contributed by atoms with Gasteiger partial charge in [-0.25, -0.2) is 4.98 Å². The summed E-state index contributed by atoms with van der Waals surface area (Å²) in [6.07, 6.45) is 0. The Labute approximate surface area is 133 Å². The predicted molar refractivity (Wildman–Crippen MR) is 87.3 cm³/mol. The highest BCUT2D eigenvalue weighted by atomic mass is 35.5. The zero-order valence-electron chi connectivity index (χ0n) is 10.7. The molecule has 0 fully saturated rings. The highest BCUT2D eigenvalue weighted by Gasteiger charge is 2.08. The molecular weight excluding hydrogens is 328 g/mol. The van der Waals surface area contributed by atoms with Crippen LogP contribution in [0, 0.1) is 10.1 Å². The second-order valence-corrected chi connectivity index (χ2v) is 7.00. The standard InChI is InChI=1S/C14H9ClN2O2S2/c15-10-4-5-13-12(7-10)16-14(21-13)20-8-9-2-1-3-11(6-9)17(18)19/h1-7H,8H2. The summed E-state index contributed by atoms with van der Waals surface area (Å²) in [6.45, 7) is 0. The van der Waals surface area contributed by atoms with Gasteiger partial charge in [0.2, 0.25) is 0 Å². The van der Waals surface area contributed by atoms with Crippen molar-refractivity contribution >= 4 is 50.6 Å². The number of thioether (sulfide) groups is 1. The molecule has 21 heavy (non-hydrogen) atoms. The van der Waals surface area contributed by atoms with Gasteiger partial charge in [0.25, 0.3) is 5.69 Å². The molecule has 3 aromatic rings. The van der Waals surface area contributed by atoms with E-state index in [1.807, 2.05) is 24.3 Å². The third-order valence-corrected chi connectivity index (χ3v) is 5.30. The number of hydrogen-bond donors (Lipinski definition) is 0. The van der Waals surface area contributed by atoms with E-state index in [9.17, 15) is 10.1 Å². The van der Waals surface area contributed by atoms with Gasteiger partial charge in [-0.05, 0) is 23.8 Å². The Balaban J connectivity index is 1.77. The average molecular weight is 337 g/mol. The van der Waals surface area contributed by atoms with E-state index in [0.29, 0.717) is 10.8 Å². The van der Waals surface area contributed by atoms with Crippen molar-refractivity contribution in [2.24, 2.45) is 0 Å². The number of aromatic nitrogens is 1. The molecule has 106 valence electrons. The first-order valence-electron chi connectivity index (χ1n) is 6.04. The molecule has 0 radical (unpaired) electrons. The van der Waals surface area contributed by atoms with Crippen molar-refractivity contribution in [1.29, 1.82) is 0 Å². The highest BCUT2D eigenvalue weighted by molar-refractivity contribution is 8.00. The van der Waals surface area contributed by atoms with Gasteiger partial charge in [0.05, 0.1) is 15.1 Å². The van der Waals surface area contributed by atoms with Gasteiger partial charge in [-0.2, -0.15) is 0 Å². The molecule has 0 atom stereocenters. The van der Waals surface area contributed by atoms with Crippen LogP contribution in [0.3, 0.4) is 0 Å². The van der Waals surface area contributed by atoms with Crippen LogP contribution in [0.4, 0.5) is 5.69 Å². The molecule has 0 N–H and O–H groups in total. The van der Waals surface area contributed by atoms with Crippen LogP contribution in [0.5, 0.6) is 0 Å². The highest BCUT2D eigenvalue weighted by Crippen LogP contribution is 2.33. The van der Waals surface area contributed by atoms with Crippen LogP contribution in [0.15, 0.2) is 46.8 Å². The van der Waals surface area contributed by atoms with Crippen LogP contribution in [0.1, 0.15) is 5.56 Å². The Morgan fingerprint density at radius 2 is 2.14 bits per heavy atom. The monoisotopic (exact) mass is 336 g/mol. The van der Waals surface area contributed by atoms with E-state index in [1.54, 1.807) is 35.2 Å². The van der Waals surface area contributed by atoms with Gasteiger partial charge >= 0.3 is 0 Å². The molecular formula is C14H9ClN2O2S2. The molecule has 0 bridgehead atoms. The number of benzene rings is 2. The zero-order chi connectivity index (χ0) is 14.8. The second kappa shape index (κ2) is 6.01. The lowest BCUT2D eigenvalue weighted by Crippen LogP contribution is -1.89. The number of nitrogens with zero attached hydrogens (tertiary/aromatic N) is 2. The Hall–Kier alpha value is -1.63. The smallest absolute Gasteiger partial charge is 0.258 e. The first-order chi connectivity index (χ1) is 10.1. The number of nitro groups is 1. The Morgan fingerprint density at radius 1 is 1.29 bits per heavy atom. The van der Waals surface area contributed by atoms with Gasteiger partial charge < -0.3 is 0 Å². The first-order valence-corrected chi connectivity index (χ1v) is 8.22. The van der Waals surface area contributed by atoms with Gasteiger partial charge in [-0.15, -0.1) is 11.3 Å². The largest absolute Gasteiger partial charge is 0.269 e. The molecule has 0 amide bonds. The molecule has 0 saturated carbocycles. The van der Waals surface area contributed by atoms with Crippen LogP contribution in [-0.4, -0.2) is 9.91 Å². The minimum absolute atomic E-state index is 0.115. The summed E-state index contributed by atoms with van der Waals surface area (Å²) >= 11 is 9.10. The Bertz CT molecular complexity index is 820. The number of halogens is 1. The lowest BCUT2D eigenvalue weighted by atomic mass is 10.2. The van der Waals surface area contributed by atoms with Crippen LogP contribution < -0.4 is 0 Å². The molecule has 2 aromatic carbocycles. The van der Waals surface area contributed by atoms with E-state index in [1.165, 1.54) is 6.07 Å². The molecule has 0 spiro atoms. The topological polar surface area (TPSA) is 56.0 Å². The van der Waals surface area contributed by atoms with Crippen molar-refractivity contribution in [2.75, 3.05) is 0 Å². The molecule has 0 unspecified atom stereocenters. The van der Waals surface area contributed by atoms with E-state index in [4.69, 9.17) is 11.6 Å². The maximum Gasteiger partial charge on any atom is 0.269 e. The number of nitro benzene ring substituents is 1. The molecule has 1 heterocycles. The van der Waals surface area contributed by atoms with Crippen molar-refractivity contribution in [2.45, 2.75) is 10.1 Å². The zero-order valence-corrected chi connectivity index (χ0v) is 13.0. The van der Waals surface area contributed by atoms with Crippen molar-refractivity contribution in [3.8, 4) is 0 Å². The van der Waals surface area contributed by atoms with Gasteiger partial charge in [-0.3, -0.25) is 10.1 Å². The van der Waals surface area contributed by atoms with Gasteiger partial charge in [0.15, 0.2) is 4.34 Å². The summed E-state index contributed by atoms with van der Waals surface area (Å²) in [7, 11) is 0. The normalized spacial score (nSPS) is 10.9. The number of non-ortho nitro benzene ring substituents is 1. The van der Waals surface area contributed by atoms with Crippen molar-refractivity contribution < 1.29 is 4.92 Å². The number of rotatable bonds is 4. The van der Waals surface area contributed by atoms with E-state index in [2.05, 4.69) is 4.98 Å². The number of fused-ring (bicyclic) bond motifs is 1. The minimum atomic E-state index is -0.381. The van der Waals surface area contributed by atoms with Crippen LogP contribution in [0.25, 0.3) is 10.2 Å². The quantitative estimate of drug-likeness (QED) is 0.375. The summed E-state index contributed by atoms with van der Waals surface area (Å²) in [6, 6.07) is 12.3. The van der Waals surface area contributed by atoms with Gasteiger partial charge in [-0.1, -0.05) is 35.5 Å². The fourth-order valence-corrected chi connectivity index (χ4v) is 4.00. The molecule has 0 aliphatic heterocycles. The average Bonchev–Trinajstić information content (AvgIpc) is 2.87. The number of thiazole rings is 1.